The number of hydrogen-bond donors (Lipinski definition) is 0. The third-order valence-corrected chi connectivity index (χ3v) is 2.96. The largest absolute Gasteiger partial charge is 1.00 e. The van der Waals surface area contributed by atoms with Crippen LogP contribution in [0.1, 0.15) is 64.7 Å². The average molecular weight is 273 g/mol. The number of halogens is 1. The molecule has 16 heavy (non-hydrogen) atoms. The molecule has 0 spiro atoms. The number of carboxylic acid groups (broad SMARTS) is 1. The van der Waals surface area contributed by atoms with Crippen LogP contribution >= 0.6 is 11.6 Å². The van der Waals surface area contributed by atoms with Crippen molar-refractivity contribution in [2.75, 3.05) is 0 Å². The van der Waals surface area contributed by atoms with Crippen LogP contribution in [0.5, 0.6) is 0 Å². The molecule has 0 amide bonds. The maximum absolute atomic E-state index is 10.3. The van der Waals surface area contributed by atoms with Gasteiger partial charge in [0.25, 0.3) is 0 Å². The maximum Gasteiger partial charge on any atom is 1.00 e. The van der Waals surface area contributed by atoms with Gasteiger partial charge in [0.05, 0.1) is 11.3 Å². The molecule has 0 heterocycles. The van der Waals surface area contributed by atoms with Crippen molar-refractivity contribution in [1.82, 2.24) is 0 Å². The molecule has 0 bridgehead atoms. The van der Waals surface area contributed by atoms with Gasteiger partial charge in [-0.15, -0.1) is 11.6 Å². The van der Waals surface area contributed by atoms with Gasteiger partial charge >= 0.3 is 51.4 Å². The number of carboxylic acids is 1. The molecule has 0 fully saturated rings. The van der Waals surface area contributed by atoms with Crippen molar-refractivity contribution in [3.8, 4) is 0 Å². The smallest absolute Gasteiger partial charge is 0.549 e. The molecule has 0 rings (SSSR count). The second-order valence-corrected chi connectivity index (χ2v) is 4.58. The van der Waals surface area contributed by atoms with Crippen LogP contribution in [-0.4, -0.2) is 11.3 Å². The molecule has 0 aliphatic rings. The minimum Gasteiger partial charge on any atom is -0.549 e. The zero-order valence-electron chi connectivity index (χ0n) is 10.6. The van der Waals surface area contributed by atoms with Crippen molar-refractivity contribution < 1.29 is 61.3 Å². The van der Waals surface area contributed by atoms with Gasteiger partial charge in [-0.2, -0.15) is 0 Å². The molecule has 1 unspecified atom stereocenters. The first-order valence-corrected chi connectivity index (χ1v) is 6.47. The molecule has 0 aromatic heterocycles. The summed E-state index contributed by atoms with van der Waals surface area (Å²) in [4.78, 5) is 10.3. The average Bonchev–Trinajstić information content (AvgIpc) is 2.21. The third kappa shape index (κ3) is 13.5. The predicted octanol–water partition coefficient (Wildman–Crippen LogP) is -0.121. The topological polar surface area (TPSA) is 40.1 Å². The fourth-order valence-corrected chi connectivity index (χ4v) is 1.73. The van der Waals surface area contributed by atoms with Gasteiger partial charge in [0.2, 0.25) is 0 Å². The summed E-state index contributed by atoms with van der Waals surface area (Å²) in [5, 5.41) is 9.49. The van der Waals surface area contributed by atoms with Crippen LogP contribution in [0.3, 0.4) is 0 Å². The zero-order valence-corrected chi connectivity index (χ0v) is 14.5. The Kier molecular flexibility index (Phi) is 17.8. The van der Waals surface area contributed by atoms with Crippen LogP contribution in [0.15, 0.2) is 0 Å². The summed E-state index contributed by atoms with van der Waals surface area (Å²) in [7, 11) is 0. The van der Waals surface area contributed by atoms with Crippen LogP contribution in [0.4, 0.5) is 0 Å². The fraction of sp³-hybridized carbons (Fsp3) is 0.917. The first-order chi connectivity index (χ1) is 7.18. The second kappa shape index (κ2) is 14.5. The third-order valence-electron chi connectivity index (χ3n) is 2.57. The Morgan fingerprint density at radius 1 is 1.06 bits per heavy atom. The number of carbonyl (C=O) groups is 1. The van der Waals surface area contributed by atoms with E-state index in [4.69, 9.17) is 11.6 Å². The van der Waals surface area contributed by atoms with E-state index in [-0.39, 0.29) is 51.4 Å². The summed E-state index contributed by atoms with van der Waals surface area (Å²) < 4.78 is 0. The maximum atomic E-state index is 10.3. The summed E-state index contributed by atoms with van der Waals surface area (Å²) in [6.07, 6.45) is 10.2. The van der Waals surface area contributed by atoms with Gasteiger partial charge < -0.3 is 9.90 Å². The van der Waals surface area contributed by atoms with Crippen molar-refractivity contribution in [1.29, 1.82) is 0 Å². The van der Waals surface area contributed by atoms with E-state index in [1.54, 1.807) is 0 Å². The van der Waals surface area contributed by atoms with Crippen molar-refractivity contribution in [2.45, 2.75) is 70.1 Å². The predicted molar refractivity (Wildman–Crippen MR) is 61.9 cm³/mol. The first kappa shape index (κ1) is 19.7. The van der Waals surface area contributed by atoms with Crippen LogP contribution in [-0.2, 0) is 4.79 Å². The van der Waals surface area contributed by atoms with Gasteiger partial charge in [0, 0.05) is 0 Å². The minimum absolute atomic E-state index is 0. The molecular weight excluding hydrogens is 251 g/mol. The number of aliphatic carboxylic acids is 1. The normalized spacial score (nSPS) is 11.9. The van der Waals surface area contributed by atoms with Crippen LogP contribution in [0.25, 0.3) is 0 Å². The van der Waals surface area contributed by atoms with Gasteiger partial charge in [0.15, 0.2) is 0 Å². The monoisotopic (exact) mass is 272 g/mol. The molecular formula is C12H22ClKO2. The van der Waals surface area contributed by atoms with Crippen molar-refractivity contribution in [3.05, 3.63) is 0 Å². The van der Waals surface area contributed by atoms with E-state index in [1.165, 1.54) is 38.5 Å². The Hall–Kier alpha value is 1.40. The fourth-order valence-electron chi connectivity index (χ4n) is 1.58. The quantitative estimate of drug-likeness (QED) is 0.316. The molecule has 0 saturated heterocycles. The Balaban J connectivity index is 0. The zero-order chi connectivity index (χ0) is 11.5. The van der Waals surface area contributed by atoms with E-state index in [0.717, 1.165) is 12.8 Å². The van der Waals surface area contributed by atoms with Crippen molar-refractivity contribution in [2.24, 2.45) is 0 Å². The van der Waals surface area contributed by atoms with E-state index < -0.39 is 11.3 Å². The number of unbranched alkanes of at least 4 members (excludes halogenated alkanes) is 7. The van der Waals surface area contributed by atoms with Crippen LogP contribution in [0, 0.1) is 0 Å². The molecule has 0 aromatic rings. The Labute approximate surface area is 147 Å². The molecule has 0 aromatic carbocycles. The Bertz CT molecular complexity index is 165. The summed E-state index contributed by atoms with van der Waals surface area (Å²) in [5.74, 6) is -1.14. The van der Waals surface area contributed by atoms with Crippen molar-refractivity contribution >= 4 is 17.6 Å². The van der Waals surface area contributed by atoms with Crippen LogP contribution in [0.2, 0.25) is 0 Å². The van der Waals surface area contributed by atoms with Gasteiger partial charge in [-0.05, 0) is 6.42 Å². The Morgan fingerprint density at radius 3 is 1.94 bits per heavy atom. The van der Waals surface area contributed by atoms with E-state index in [0.29, 0.717) is 6.42 Å². The summed E-state index contributed by atoms with van der Waals surface area (Å²) in [6.45, 7) is 2.21. The molecule has 1 atom stereocenters. The van der Waals surface area contributed by atoms with E-state index >= 15 is 0 Å². The molecule has 2 nitrogen and oxygen atoms in total. The molecule has 90 valence electrons. The van der Waals surface area contributed by atoms with E-state index in [1.807, 2.05) is 0 Å². The number of carbonyl (C=O) groups excluding carboxylic acids is 1. The van der Waals surface area contributed by atoms with Crippen molar-refractivity contribution in [3.63, 3.8) is 0 Å². The summed E-state index contributed by atoms with van der Waals surface area (Å²) in [6, 6.07) is 0. The first-order valence-electron chi connectivity index (χ1n) is 6.03. The molecule has 0 aliphatic heterocycles. The molecule has 4 heteroatoms. The van der Waals surface area contributed by atoms with Gasteiger partial charge in [-0.3, -0.25) is 0 Å². The second-order valence-electron chi connectivity index (χ2n) is 4.05. The van der Waals surface area contributed by atoms with Crippen LogP contribution < -0.4 is 56.5 Å². The standard InChI is InChI=1S/C12H23ClO2.K/c1-2-3-4-5-6-7-8-9-10-11(13)12(14)15;/h11H,2-10H2,1H3,(H,14,15);/q;+1/p-1. The van der Waals surface area contributed by atoms with Gasteiger partial charge in [-0.1, -0.05) is 58.3 Å². The van der Waals surface area contributed by atoms with Gasteiger partial charge in [-0.25, -0.2) is 0 Å². The summed E-state index contributed by atoms with van der Waals surface area (Å²) in [5.41, 5.74) is 0. The molecule has 0 radical (unpaired) electrons. The number of hydrogen-bond acceptors (Lipinski definition) is 2. The molecule has 0 aliphatic carbocycles. The summed E-state index contributed by atoms with van der Waals surface area (Å²) >= 11 is 5.54. The molecule has 0 N–H and O–H groups in total. The minimum atomic E-state index is -1.14. The SMILES string of the molecule is CCCCCCCCCCC(Cl)C(=O)[O-].[K+]. The van der Waals surface area contributed by atoms with Gasteiger partial charge in [0.1, 0.15) is 0 Å². The Morgan fingerprint density at radius 2 is 1.50 bits per heavy atom. The number of rotatable bonds is 10. The van der Waals surface area contributed by atoms with E-state index in [2.05, 4.69) is 6.92 Å². The number of alkyl halides is 1. The van der Waals surface area contributed by atoms with E-state index in [9.17, 15) is 9.90 Å². The molecule has 0 saturated carbocycles.